The van der Waals surface area contributed by atoms with E-state index in [0.29, 0.717) is 39.5 Å². The second kappa shape index (κ2) is 14.3. The SMILES string of the molecule is Cl.Clc1coc2ccccc12.N[C@@H]1C2CCN(CC2)C12CC2.O=C(C[C@@H]1C2CCN(CC2)C12CC2)c1ccc2occ(Cl)c2c1.O=C=O. The van der Waals surface area contributed by atoms with Crippen molar-refractivity contribution in [1.29, 1.82) is 0 Å². The molecule has 48 heavy (non-hydrogen) atoms. The van der Waals surface area contributed by atoms with Gasteiger partial charge in [0.2, 0.25) is 0 Å². The van der Waals surface area contributed by atoms with Crippen molar-refractivity contribution in [1.82, 2.24) is 9.80 Å². The summed E-state index contributed by atoms with van der Waals surface area (Å²) in [5.41, 5.74) is 9.46. The van der Waals surface area contributed by atoms with Gasteiger partial charge in [-0.2, -0.15) is 9.59 Å². The monoisotopic (exact) mass is 713 g/mol. The Hall–Kier alpha value is -2.68. The Kier molecular flexibility index (Phi) is 10.5. The summed E-state index contributed by atoms with van der Waals surface area (Å²) in [5, 5.41) is 3.07. The summed E-state index contributed by atoms with van der Waals surface area (Å²) < 4.78 is 10.5. The number of furan rings is 2. The number of carbonyl (C=O) groups is 1. The van der Waals surface area contributed by atoms with E-state index in [-0.39, 0.29) is 24.3 Å². The van der Waals surface area contributed by atoms with Crippen LogP contribution in [0.25, 0.3) is 21.9 Å². The minimum Gasteiger partial charge on any atom is -0.463 e. The first-order valence-corrected chi connectivity index (χ1v) is 17.6. The van der Waals surface area contributed by atoms with Crippen molar-refractivity contribution in [2.45, 2.75) is 74.9 Å². The van der Waals surface area contributed by atoms with Crippen molar-refractivity contribution >= 4 is 69.5 Å². The number of hydrogen-bond acceptors (Lipinski definition) is 8. The predicted octanol–water partition coefficient (Wildman–Crippen LogP) is 8.03. The average Bonchev–Trinajstić information content (AvgIpc) is 4.01. The average molecular weight is 715 g/mol. The lowest BCUT2D eigenvalue weighted by Crippen LogP contribution is -2.63. The van der Waals surface area contributed by atoms with Crippen LogP contribution in [0.3, 0.4) is 0 Å². The largest absolute Gasteiger partial charge is 0.463 e. The highest BCUT2D eigenvalue weighted by Gasteiger charge is 2.60. The van der Waals surface area contributed by atoms with E-state index >= 15 is 0 Å². The Morgan fingerprint density at radius 1 is 0.792 bits per heavy atom. The van der Waals surface area contributed by atoms with Crippen LogP contribution < -0.4 is 5.73 Å². The molecule has 12 rings (SSSR count). The third-order valence-corrected chi connectivity index (χ3v) is 12.5. The Morgan fingerprint density at radius 2 is 1.31 bits per heavy atom. The van der Waals surface area contributed by atoms with Gasteiger partial charge in [-0.05, 0) is 126 Å². The first-order chi connectivity index (χ1) is 22.8. The van der Waals surface area contributed by atoms with Gasteiger partial charge in [0, 0.05) is 39.9 Å². The van der Waals surface area contributed by atoms with E-state index in [1.807, 2.05) is 42.5 Å². The predicted molar refractivity (Wildman–Crippen MR) is 188 cm³/mol. The zero-order valence-corrected chi connectivity index (χ0v) is 29.2. The maximum atomic E-state index is 12.9. The van der Waals surface area contributed by atoms with Gasteiger partial charge in [-0.25, -0.2) is 0 Å². The fourth-order valence-electron chi connectivity index (χ4n) is 9.16. The minimum absolute atomic E-state index is 0. The molecule has 8 fully saturated rings. The molecule has 8 heterocycles. The summed E-state index contributed by atoms with van der Waals surface area (Å²) in [6.07, 6.45) is 14.6. The highest BCUT2D eigenvalue weighted by atomic mass is 35.5. The van der Waals surface area contributed by atoms with Gasteiger partial charge in [-0.15, -0.1) is 12.4 Å². The second-order valence-electron chi connectivity index (χ2n) is 14.1. The van der Waals surface area contributed by atoms with E-state index in [4.69, 9.17) is 47.4 Å². The molecule has 4 aromatic rings. The van der Waals surface area contributed by atoms with E-state index in [9.17, 15) is 4.79 Å². The Labute approximate surface area is 296 Å². The molecule has 11 heteroatoms. The van der Waals surface area contributed by atoms with Crippen LogP contribution in [0.1, 0.15) is 68.1 Å². The zero-order chi connectivity index (χ0) is 32.8. The molecule has 8 aliphatic rings. The lowest BCUT2D eigenvalue weighted by Gasteiger charge is -2.52. The van der Waals surface area contributed by atoms with Crippen LogP contribution in [-0.4, -0.2) is 65.0 Å². The Bertz CT molecular complexity index is 1770. The summed E-state index contributed by atoms with van der Waals surface area (Å²) >= 11 is 11.9. The molecule has 6 aliphatic heterocycles. The topological polar surface area (TPSA) is 110 Å². The van der Waals surface area contributed by atoms with Gasteiger partial charge in [0.05, 0.1) is 10.0 Å². The van der Waals surface area contributed by atoms with Crippen LogP contribution in [0.2, 0.25) is 10.0 Å². The lowest BCUT2D eigenvalue weighted by atomic mass is 9.69. The van der Waals surface area contributed by atoms with Crippen LogP contribution in [0.15, 0.2) is 63.8 Å². The molecule has 2 atom stereocenters. The summed E-state index contributed by atoms with van der Waals surface area (Å²) in [7, 11) is 0. The molecule has 0 amide bonds. The van der Waals surface area contributed by atoms with Crippen molar-refractivity contribution in [2.24, 2.45) is 23.5 Å². The number of para-hydroxylation sites is 1. The van der Waals surface area contributed by atoms with E-state index in [1.165, 1.54) is 83.8 Å². The summed E-state index contributed by atoms with van der Waals surface area (Å²) in [6, 6.07) is 13.8. The maximum Gasteiger partial charge on any atom is 0.373 e. The molecule has 2 spiro atoms. The van der Waals surface area contributed by atoms with Gasteiger partial charge < -0.3 is 14.6 Å². The molecule has 2 aromatic carbocycles. The number of fused-ring (bicyclic) bond motifs is 6. The molecule has 4 bridgehead atoms. The minimum atomic E-state index is 0. The number of Topliss-reactive ketones (excluding diaryl/α,β-unsaturated/α-hetero) is 1. The number of rotatable bonds is 3. The fraction of sp³-hybridized carbons (Fsp3) is 0.514. The van der Waals surface area contributed by atoms with Gasteiger partial charge in [-0.1, -0.05) is 35.3 Å². The van der Waals surface area contributed by atoms with Crippen LogP contribution >= 0.6 is 35.6 Å². The molecule has 2 N–H and O–H groups in total. The van der Waals surface area contributed by atoms with Crippen molar-refractivity contribution in [3.8, 4) is 0 Å². The maximum absolute atomic E-state index is 12.9. The molecular weight excluding hydrogens is 673 g/mol. The van der Waals surface area contributed by atoms with Crippen LogP contribution in [-0.2, 0) is 9.59 Å². The third-order valence-electron chi connectivity index (χ3n) is 11.9. The molecule has 256 valence electrons. The van der Waals surface area contributed by atoms with Gasteiger partial charge in [0.15, 0.2) is 5.78 Å². The standard InChI is InChI=1S/C19H20ClNO2.C9H16N2.C8H5ClO.CO2.ClH/c20-16-11-23-18-2-1-13(9-14(16)18)17(22)10-15-12-3-7-21(8-4-12)19(15)5-6-19;10-8-7-1-5-11(6-2-7)9(8)3-4-9;9-7-5-10-8-4-2-1-3-6(7)8;2-1-3;/h1-2,9,11-12,15H,3-8,10H2;7-8H,1-6,10H2;1-5H;;1H/t15-;8-;;;/m11.../s1. The van der Waals surface area contributed by atoms with Crippen molar-refractivity contribution < 1.29 is 23.2 Å². The number of nitrogens with two attached hydrogens (primary N) is 1. The summed E-state index contributed by atoms with van der Waals surface area (Å²) in [4.78, 5) is 34.5. The van der Waals surface area contributed by atoms with Crippen LogP contribution in [0.4, 0.5) is 0 Å². The smallest absolute Gasteiger partial charge is 0.373 e. The summed E-state index contributed by atoms with van der Waals surface area (Å²) in [6.45, 7) is 5.15. The lowest BCUT2D eigenvalue weighted by molar-refractivity contribution is -0.191. The number of ketones is 1. The first kappa shape index (κ1) is 35.2. The van der Waals surface area contributed by atoms with Crippen molar-refractivity contribution in [3.63, 3.8) is 0 Å². The van der Waals surface area contributed by atoms with E-state index in [2.05, 4.69) is 9.80 Å². The normalized spacial score (nSPS) is 29.0. The zero-order valence-electron chi connectivity index (χ0n) is 26.9. The molecule has 8 nitrogen and oxygen atoms in total. The number of halogens is 3. The third kappa shape index (κ3) is 6.49. The van der Waals surface area contributed by atoms with Crippen LogP contribution in [0, 0.1) is 17.8 Å². The Morgan fingerprint density at radius 3 is 1.85 bits per heavy atom. The molecule has 6 saturated heterocycles. The van der Waals surface area contributed by atoms with Gasteiger partial charge in [0.1, 0.15) is 23.7 Å². The number of carbonyl (C=O) groups excluding carboxylic acids is 3. The molecule has 0 unspecified atom stereocenters. The number of benzene rings is 2. The molecule has 2 aliphatic carbocycles. The van der Waals surface area contributed by atoms with E-state index in [1.54, 1.807) is 6.26 Å². The molecule has 0 radical (unpaired) electrons. The fourth-order valence-corrected chi connectivity index (χ4v) is 9.55. The van der Waals surface area contributed by atoms with Crippen molar-refractivity contribution in [2.75, 3.05) is 26.2 Å². The second-order valence-corrected chi connectivity index (χ2v) is 14.9. The molecule has 2 aromatic heterocycles. The highest BCUT2D eigenvalue weighted by Crippen LogP contribution is 2.58. The van der Waals surface area contributed by atoms with E-state index in [0.717, 1.165) is 39.3 Å². The van der Waals surface area contributed by atoms with E-state index < -0.39 is 0 Å². The van der Waals surface area contributed by atoms with Gasteiger partial charge in [0.25, 0.3) is 0 Å². The van der Waals surface area contributed by atoms with Crippen LogP contribution in [0.5, 0.6) is 0 Å². The number of piperidine rings is 6. The van der Waals surface area contributed by atoms with Gasteiger partial charge in [-0.3, -0.25) is 14.6 Å². The quantitative estimate of drug-likeness (QED) is 0.213. The van der Waals surface area contributed by atoms with Gasteiger partial charge >= 0.3 is 6.15 Å². The first-order valence-electron chi connectivity index (χ1n) is 16.9. The Balaban J connectivity index is 0.000000134. The number of nitrogens with zero attached hydrogens (tertiary/aromatic N) is 2. The molecule has 2 saturated carbocycles. The highest BCUT2D eigenvalue weighted by molar-refractivity contribution is 6.35. The summed E-state index contributed by atoms with van der Waals surface area (Å²) in [5.74, 6) is 2.41. The van der Waals surface area contributed by atoms with Crippen molar-refractivity contribution in [3.05, 3.63) is 70.6 Å². The number of hydrogen-bond donors (Lipinski definition) is 1. The molecular formula is C37H42Cl3N3O5.